The van der Waals surface area contributed by atoms with E-state index >= 15 is 0 Å². The number of carbonyl (C=O) groups excluding carboxylic acids is 1. The Morgan fingerprint density at radius 1 is 1.04 bits per heavy atom. The highest BCUT2D eigenvalue weighted by molar-refractivity contribution is 6.03. The Morgan fingerprint density at radius 3 is 2.38 bits per heavy atom. The van der Waals surface area contributed by atoms with Crippen LogP contribution in [0.5, 0.6) is 5.75 Å². The molecule has 0 aliphatic heterocycles. The molecule has 2 aromatic rings. The fourth-order valence-corrected chi connectivity index (χ4v) is 3.10. The lowest BCUT2D eigenvalue weighted by Crippen LogP contribution is -2.24. The molecule has 24 heavy (non-hydrogen) atoms. The van der Waals surface area contributed by atoms with Gasteiger partial charge in [0.05, 0.1) is 5.52 Å². The third-order valence-corrected chi connectivity index (χ3v) is 4.56. The average Bonchev–Trinajstić information content (AvgIpc) is 2.59. The molecule has 0 aliphatic rings. The fourth-order valence-electron chi connectivity index (χ4n) is 3.10. The van der Waals surface area contributed by atoms with E-state index in [1.807, 2.05) is 0 Å². The van der Waals surface area contributed by atoms with Gasteiger partial charge in [-0.15, -0.1) is 0 Å². The molecule has 2 rings (SSSR count). The molecule has 1 aromatic heterocycles. The highest BCUT2D eigenvalue weighted by atomic mass is 16.3. The largest absolute Gasteiger partial charge is 0.506 e. The van der Waals surface area contributed by atoms with Crippen LogP contribution >= 0.6 is 0 Å². The number of aromatic hydroxyl groups is 1. The number of fused-ring (bicyclic) bond motifs is 1. The zero-order valence-corrected chi connectivity index (χ0v) is 14.7. The number of ketones is 1. The molecule has 0 radical (unpaired) electrons. The van der Waals surface area contributed by atoms with Crippen LogP contribution in [0.3, 0.4) is 0 Å². The molecule has 1 aromatic carbocycles. The van der Waals surface area contributed by atoms with Crippen molar-refractivity contribution in [3.05, 3.63) is 40.2 Å². The molecule has 0 fully saturated rings. The molecule has 4 heteroatoms. The number of aromatic nitrogens is 1. The van der Waals surface area contributed by atoms with Crippen molar-refractivity contribution in [2.75, 3.05) is 0 Å². The molecule has 1 N–H and O–H groups in total. The summed E-state index contributed by atoms with van der Waals surface area (Å²) in [4.78, 5) is 24.9. The van der Waals surface area contributed by atoms with Gasteiger partial charge < -0.3 is 9.67 Å². The monoisotopic (exact) mass is 329 g/mol. The number of pyridine rings is 1. The number of aryl methyl sites for hydroxylation is 1. The third kappa shape index (κ3) is 4.05. The van der Waals surface area contributed by atoms with Crippen LogP contribution in [-0.4, -0.2) is 15.5 Å². The van der Waals surface area contributed by atoms with Gasteiger partial charge in [0.1, 0.15) is 11.3 Å². The molecular weight excluding hydrogens is 302 g/mol. The maximum absolute atomic E-state index is 12.4. The predicted octanol–water partition coefficient (Wildman–Crippen LogP) is 4.57. The van der Waals surface area contributed by atoms with Gasteiger partial charge >= 0.3 is 0 Å². The molecule has 130 valence electrons. The lowest BCUT2D eigenvalue weighted by atomic mass is 10.0. The Labute approximate surface area is 143 Å². The molecule has 0 saturated carbocycles. The summed E-state index contributed by atoms with van der Waals surface area (Å²) in [7, 11) is 1.63. The highest BCUT2D eigenvalue weighted by Gasteiger charge is 2.20. The summed E-state index contributed by atoms with van der Waals surface area (Å²) in [6.07, 6.45) is 8.12. The first-order chi connectivity index (χ1) is 11.6. The van der Waals surface area contributed by atoms with Crippen molar-refractivity contribution in [1.29, 1.82) is 0 Å². The van der Waals surface area contributed by atoms with Crippen LogP contribution in [0.1, 0.15) is 68.6 Å². The molecule has 0 atom stereocenters. The van der Waals surface area contributed by atoms with Crippen LogP contribution in [-0.2, 0) is 7.05 Å². The van der Waals surface area contributed by atoms with E-state index in [2.05, 4.69) is 6.92 Å². The number of nitrogens with zero attached hydrogens (tertiary/aromatic N) is 1. The molecule has 0 amide bonds. The molecule has 0 spiro atoms. The topological polar surface area (TPSA) is 59.3 Å². The summed E-state index contributed by atoms with van der Waals surface area (Å²) >= 11 is 0. The number of hydrogen-bond acceptors (Lipinski definition) is 3. The van der Waals surface area contributed by atoms with Gasteiger partial charge in [0.2, 0.25) is 0 Å². The number of benzene rings is 1. The summed E-state index contributed by atoms with van der Waals surface area (Å²) in [5.74, 6) is -0.436. The zero-order chi connectivity index (χ0) is 17.5. The van der Waals surface area contributed by atoms with Gasteiger partial charge in [-0.3, -0.25) is 9.59 Å². The first-order valence-electron chi connectivity index (χ1n) is 8.91. The number of unbranched alkanes of at least 4 members (excludes halogenated alkanes) is 6. The molecule has 0 bridgehead atoms. The minimum absolute atomic E-state index is 0.0674. The number of Topliss-reactive ketones (excluding diaryl/α,β-unsaturated/α-hetero) is 1. The lowest BCUT2D eigenvalue weighted by molar-refractivity contribution is 0.0974. The van der Waals surface area contributed by atoms with E-state index in [-0.39, 0.29) is 17.1 Å². The van der Waals surface area contributed by atoms with Crippen molar-refractivity contribution in [2.24, 2.45) is 7.05 Å². The number of hydrogen-bond donors (Lipinski definition) is 1. The summed E-state index contributed by atoms with van der Waals surface area (Å²) in [5, 5.41) is 10.9. The normalized spacial score (nSPS) is 11.1. The second-order valence-corrected chi connectivity index (χ2v) is 6.40. The molecule has 0 saturated heterocycles. The van der Waals surface area contributed by atoms with Crippen LogP contribution in [0.25, 0.3) is 10.9 Å². The zero-order valence-electron chi connectivity index (χ0n) is 14.7. The molecule has 0 aliphatic carbocycles. The average molecular weight is 329 g/mol. The van der Waals surface area contributed by atoms with Crippen molar-refractivity contribution in [2.45, 2.75) is 58.3 Å². The van der Waals surface area contributed by atoms with E-state index < -0.39 is 5.56 Å². The predicted molar refractivity (Wildman–Crippen MR) is 97.8 cm³/mol. The van der Waals surface area contributed by atoms with E-state index in [0.717, 1.165) is 19.3 Å². The fraction of sp³-hybridized carbons (Fsp3) is 0.500. The Hall–Kier alpha value is -2.10. The van der Waals surface area contributed by atoms with E-state index in [9.17, 15) is 14.7 Å². The third-order valence-electron chi connectivity index (χ3n) is 4.56. The van der Waals surface area contributed by atoms with Crippen LogP contribution in [0.2, 0.25) is 0 Å². The first kappa shape index (κ1) is 18.2. The van der Waals surface area contributed by atoms with E-state index in [1.165, 1.54) is 30.3 Å². The summed E-state index contributed by atoms with van der Waals surface area (Å²) in [6.45, 7) is 2.19. The van der Waals surface area contributed by atoms with Gasteiger partial charge in [0.25, 0.3) is 5.56 Å². The van der Waals surface area contributed by atoms with Gasteiger partial charge in [-0.2, -0.15) is 0 Å². The SMILES string of the molecule is CCCCCCCCCC(=O)c1c(O)c2ccccc2n(C)c1=O. The van der Waals surface area contributed by atoms with Gasteiger partial charge in [-0.25, -0.2) is 0 Å². The first-order valence-corrected chi connectivity index (χ1v) is 8.91. The molecule has 0 unspecified atom stereocenters. The summed E-state index contributed by atoms with van der Waals surface area (Å²) < 4.78 is 1.44. The second kappa shape index (κ2) is 8.67. The standard InChI is InChI=1S/C20H27NO3/c1-3-4-5-6-7-8-9-14-17(22)18-19(23)15-12-10-11-13-16(15)21(2)20(18)24/h10-13,23H,3-9,14H2,1-2H3. The van der Waals surface area contributed by atoms with Gasteiger partial charge in [0.15, 0.2) is 5.78 Å². The van der Waals surface area contributed by atoms with Crippen LogP contribution in [0, 0.1) is 0 Å². The van der Waals surface area contributed by atoms with E-state index in [4.69, 9.17) is 0 Å². The summed E-state index contributed by atoms with van der Waals surface area (Å²) in [5.41, 5.74) is 0.147. The van der Waals surface area contributed by atoms with Crippen molar-refractivity contribution < 1.29 is 9.90 Å². The molecule has 1 heterocycles. The smallest absolute Gasteiger partial charge is 0.265 e. The molecular formula is C20H27NO3. The Bertz CT molecular complexity index is 761. The van der Waals surface area contributed by atoms with Crippen LogP contribution in [0.4, 0.5) is 0 Å². The van der Waals surface area contributed by atoms with Gasteiger partial charge in [0, 0.05) is 18.9 Å². The maximum Gasteiger partial charge on any atom is 0.265 e. The summed E-state index contributed by atoms with van der Waals surface area (Å²) in [6, 6.07) is 7.09. The Kier molecular flexibility index (Phi) is 6.59. The quantitative estimate of drug-likeness (QED) is 0.541. The second-order valence-electron chi connectivity index (χ2n) is 6.40. The van der Waals surface area contributed by atoms with Crippen LogP contribution < -0.4 is 5.56 Å². The minimum Gasteiger partial charge on any atom is -0.506 e. The van der Waals surface area contributed by atoms with Gasteiger partial charge in [-0.1, -0.05) is 57.6 Å². The Balaban J connectivity index is 2.06. The number of para-hydroxylation sites is 1. The lowest BCUT2D eigenvalue weighted by Gasteiger charge is -2.11. The van der Waals surface area contributed by atoms with Crippen molar-refractivity contribution in [1.82, 2.24) is 4.57 Å². The van der Waals surface area contributed by atoms with Crippen molar-refractivity contribution in [3.63, 3.8) is 0 Å². The minimum atomic E-state index is -0.417. The van der Waals surface area contributed by atoms with E-state index in [1.54, 1.807) is 31.3 Å². The Morgan fingerprint density at radius 2 is 1.67 bits per heavy atom. The van der Waals surface area contributed by atoms with Crippen LogP contribution in [0.15, 0.2) is 29.1 Å². The maximum atomic E-state index is 12.4. The van der Waals surface area contributed by atoms with E-state index in [0.29, 0.717) is 17.3 Å². The van der Waals surface area contributed by atoms with Crippen molar-refractivity contribution in [3.8, 4) is 5.75 Å². The number of rotatable bonds is 9. The van der Waals surface area contributed by atoms with Gasteiger partial charge in [-0.05, 0) is 18.6 Å². The van der Waals surface area contributed by atoms with Crippen molar-refractivity contribution >= 4 is 16.7 Å². The molecule has 4 nitrogen and oxygen atoms in total. The highest BCUT2D eigenvalue weighted by Crippen LogP contribution is 2.26. The number of carbonyl (C=O) groups is 1.